The maximum Gasteiger partial charge on any atom is 0.410 e. The minimum Gasteiger partial charge on any atom is -0.444 e. The summed E-state index contributed by atoms with van der Waals surface area (Å²) in [7, 11) is -3.42. The third kappa shape index (κ3) is 4.50. The second kappa shape index (κ2) is 7.88. The van der Waals surface area contributed by atoms with Crippen molar-refractivity contribution in [3.8, 4) is 0 Å². The van der Waals surface area contributed by atoms with E-state index in [9.17, 15) is 18.3 Å². The van der Waals surface area contributed by atoms with E-state index < -0.39 is 21.0 Å². The number of carbonyl (C=O) groups is 1. The van der Waals surface area contributed by atoms with Gasteiger partial charge in [0.1, 0.15) is 22.1 Å². The van der Waals surface area contributed by atoms with Crippen LogP contribution in [0.4, 0.5) is 10.6 Å². The van der Waals surface area contributed by atoms with Crippen LogP contribution in [0.1, 0.15) is 70.3 Å². The number of hydrogen-bond donors (Lipinski definition) is 2. The summed E-state index contributed by atoms with van der Waals surface area (Å²) >= 11 is 0. The minimum absolute atomic E-state index is 0.0400. The molecule has 0 aromatic carbocycles. The van der Waals surface area contributed by atoms with Crippen LogP contribution < -0.4 is 5.32 Å². The zero-order valence-corrected chi connectivity index (χ0v) is 19.3. The van der Waals surface area contributed by atoms with Crippen molar-refractivity contribution in [1.29, 1.82) is 0 Å². The molecule has 10 heteroatoms. The highest BCUT2D eigenvalue weighted by atomic mass is 32.2. The number of aliphatic hydroxyl groups is 1. The molecule has 2 N–H and O–H groups in total. The van der Waals surface area contributed by atoms with Crippen LogP contribution in [-0.2, 0) is 21.0 Å². The molecular formula is C21H32N4O5S. The molecule has 2 fully saturated rings. The SMILES string of the molecule is CC(C)(C)OC(=O)N1CCC(c2nc3c(c(NC4(CO)CCC4)n2)S(=O)(=O)CC3)CC1. The summed E-state index contributed by atoms with van der Waals surface area (Å²) in [6.07, 6.45) is 4.00. The summed E-state index contributed by atoms with van der Waals surface area (Å²) in [6, 6.07) is 0. The van der Waals surface area contributed by atoms with E-state index in [2.05, 4.69) is 15.3 Å². The highest BCUT2D eigenvalue weighted by Crippen LogP contribution is 2.39. The summed E-state index contributed by atoms with van der Waals surface area (Å²) < 4.78 is 30.7. The van der Waals surface area contributed by atoms with E-state index in [1.807, 2.05) is 20.8 Å². The van der Waals surface area contributed by atoms with Crippen LogP contribution in [-0.4, -0.2) is 71.1 Å². The molecule has 1 aromatic rings. The van der Waals surface area contributed by atoms with Gasteiger partial charge in [-0.05, 0) is 52.9 Å². The van der Waals surface area contributed by atoms with Crippen LogP contribution in [0.5, 0.6) is 0 Å². The van der Waals surface area contributed by atoms with Crippen LogP contribution >= 0.6 is 0 Å². The first kappa shape index (κ1) is 22.3. The van der Waals surface area contributed by atoms with Crippen molar-refractivity contribution in [3.63, 3.8) is 0 Å². The van der Waals surface area contributed by atoms with E-state index in [1.54, 1.807) is 4.90 Å². The number of ether oxygens (including phenoxy) is 1. The largest absolute Gasteiger partial charge is 0.444 e. The Bertz CT molecular complexity index is 955. The fourth-order valence-corrected chi connectivity index (χ4v) is 6.00. The van der Waals surface area contributed by atoms with Gasteiger partial charge in [0.05, 0.1) is 23.6 Å². The Morgan fingerprint density at radius 1 is 1.26 bits per heavy atom. The van der Waals surface area contributed by atoms with Gasteiger partial charge in [0, 0.05) is 25.4 Å². The summed E-state index contributed by atoms with van der Waals surface area (Å²) in [6.45, 7) is 6.57. The molecule has 1 aliphatic carbocycles. The number of aryl methyl sites for hydroxylation is 1. The Morgan fingerprint density at radius 2 is 1.94 bits per heavy atom. The van der Waals surface area contributed by atoms with E-state index in [0.717, 1.165) is 19.3 Å². The van der Waals surface area contributed by atoms with Crippen molar-refractivity contribution in [1.82, 2.24) is 14.9 Å². The number of piperidine rings is 1. The molecule has 3 heterocycles. The Labute approximate surface area is 183 Å². The predicted octanol–water partition coefficient (Wildman–Crippen LogP) is 2.25. The van der Waals surface area contributed by atoms with E-state index in [4.69, 9.17) is 4.74 Å². The molecule has 172 valence electrons. The molecule has 0 unspecified atom stereocenters. The average molecular weight is 453 g/mol. The first-order valence-corrected chi connectivity index (χ1v) is 12.7. The van der Waals surface area contributed by atoms with Crippen molar-refractivity contribution in [2.45, 2.75) is 81.2 Å². The number of nitrogens with zero attached hydrogens (tertiary/aromatic N) is 3. The third-order valence-corrected chi connectivity index (χ3v) is 8.17. The number of aromatic nitrogens is 2. The number of nitrogens with one attached hydrogen (secondary N) is 1. The van der Waals surface area contributed by atoms with Gasteiger partial charge in [-0.1, -0.05) is 0 Å². The Hall–Kier alpha value is -1.94. The van der Waals surface area contributed by atoms with Crippen LogP contribution in [0, 0.1) is 0 Å². The number of sulfone groups is 1. The molecule has 1 saturated heterocycles. The van der Waals surface area contributed by atoms with E-state index >= 15 is 0 Å². The number of carbonyl (C=O) groups excluding carboxylic acids is 1. The lowest BCUT2D eigenvalue weighted by Gasteiger charge is -2.41. The van der Waals surface area contributed by atoms with Crippen LogP contribution in [0.2, 0.25) is 0 Å². The number of amides is 1. The van der Waals surface area contributed by atoms with E-state index in [1.165, 1.54) is 0 Å². The topological polar surface area (TPSA) is 122 Å². The third-order valence-electron chi connectivity index (χ3n) is 6.38. The molecule has 0 bridgehead atoms. The zero-order valence-electron chi connectivity index (χ0n) is 18.5. The van der Waals surface area contributed by atoms with Crippen molar-refractivity contribution >= 4 is 21.7 Å². The van der Waals surface area contributed by atoms with Gasteiger partial charge in [0.2, 0.25) is 0 Å². The fraction of sp³-hybridized carbons (Fsp3) is 0.762. The standard InChI is InChI=1S/C21H32N4O5S/c1-20(2,3)30-19(27)25-10-5-14(6-11-25)17-22-15-7-12-31(28,29)16(15)18(23-17)24-21(13-26)8-4-9-21/h14,26H,4-13H2,1-3H3,(H,22,23,24). The molecule has 2 aliphatic heterocycles. The summed E-state index contributed by atoms with van der Waals surface area (Å²) in [5.74, 6) is 1.04. The first-order chi connectivity index (χ1) is 14.5. The lowest BCUT2D eigenvalue weighted by Crippen LogP contribution is -2.49. The van der Waals surface area contributed by atoms with Gasteiger partial charge in [-0.3, -0.25) is 0 Å². The fourth-order valence-electron chi connectivity index (χ4n) is 4.44. The summed E-state index contributed by atoms with van der Waals surface area (Å²) in [5.41, 5.74) is -0.473. The maximum atomic E-state index is 12.6. The van der Waals surface area contributed by atoms with E-state index in [0.29, 0.717) is 49.7 Å². The lowest BCUT2D eigenvalue weighted by molar-refractivity contribution is 0.0203. The van der Waals surface area contributed by atoms with Gasteiger partial charge in [0.15, 0.2) is 9.84 Å². The van der Waals surface area contributed by atoms with Crippen LogP contribution in [0.25, 0.3) is 0 Å². The molecular weight excluding hydrogens is 420 g/mol. The van der Waals surface area contributed by atoms with Crippen LogP contribution in [0.15, 0.2) is 4.90 Å². The molecule has 0 atom stereocenters. The molecule has 1 amide bonds. The lowest BCUT2D eigenvalue weighted by atomic mass is 9.77. The molecule has 1 aromatic heterocycles. The van der Waals surface area contributed by atoms with Gasteiger partial charge in [-0.25, -0.2) is 23.2 Å². The Morgan fingerprint density at radius 3 is 2.48 bits per heavy atom. The van der Waals surface area contributed by atoms with Gasteiger partial charge in [-0.15, -0.1) is 0 Å². The molecule has 9 nitrogen and oxygen atoms in total. The quantitative estimate of drug-likeness (QED) is 0.713. The molecule has 31 heavy (non-hydrogen) atoms. The minimum atomic E-state index is -3.42. The smallest absolute Gasteiger partial charge is 0.410 e. The normalized spacial score (nSPS) is 22.5. The maximum absolute atomic E-state index is 12.6. The predicted molar refractivity (Wildman–Crippen MR) is 115 cm³/mol. The van der Waals surface area contributed by atoms with Gasteiger partial charge in [0.25, 0.3) is 0 Å². The Kier molecular flexibility index (Phi) is 5.66. The highest BCUT2D eigenvalue weighted by Gasteiger charge is 2.41. The molecule has 4 rings (SSSR count). The summed E-state index contributed by atoms with van der Waals surface area (Å²) in [5, 5.41) is 13.1. The number of likely N-dealkylation sites (tertiary alicyclic amines) is 1. The summed E-state index contributed by atoms with van der Waals surface area (Å²) in [4.78, 5) is 23.5. The second-order valence-electron chi connectivity index (χ2n) is 9.93. The van der Waals surface area contributed by atoms with Gasteiger partial charge >= 0.3 is 6.09 Å². The van der Waals surface area contributed by atoms with Crippen molar-refractivity contribution in [3.05, 3.63) is 11.5 Å². The molecule has 3 aliphatic rings. The molecule has 1 saturated carbocycles. The number of fused-ring (bicyclic) bond motifs is 1. The number of aliphatic hydroxyl groups excluding tert-OH is 1. The van der Waals surface area contributed by atoms with Crippen LogP contribution in [0.3, 0.4) is 0 Å². The van der Waals surface area contributed by atoms with Crippen molar-refractivity contribution in [2.75, 3.05) is 30.8 Å². The zero-order chi connectivity index (χ0) is 22.4. The van der Waals surface area contributed by atoms with E-state index in [-0.39, 0.29) is 29.3 Å². The van der Waals surface area contributed by atoms with Crippen molar-refractivity contribution < 1.29 is 23.1 Å². The molecule has 0 radical (unpaired) electrons. The van der Waals surface area contributed by atoms with Gasteiger partial charge in [-0.2, -0.15) is 0 Å². The average Bonchev–Trinajstić information content (AvgIpc) is 2.98. The number of hydrogen-bond acceptors (Lipinski definition) is 8. The first-order valence-electron chi connectivity index (χ1n) is 11.0. The van der Waals surface area contributed by atoms with Crippen molar-refractivity contribution in [2.24, 2.45) is 0 Å². The number of rotatable bonds is 4. The molecule has 0 spiro atoms. The highest BCUT2D eigenvalue weighted by molar-refractivity contribution is 7.91. The number of anilines is 1. The monoisotopic (exact) mass is 452 g/mol. The second-order valence-corrected chi connectivity index (χ2v) is 12.0. The Balaban J connectivity index is 1.55. The van der Waals surface area contributed by atoms with Gasteiger partial charge < -0.3 is 20.1 Å².